The molecule has 3 rings (SSSR count). The molecule has 0 saturated heterocycles. The maximum Gasteiger partial charge on any atom is 0.225 e. The van der Waals surface area contributed by atoms with E-state index in [1.54, 1.807) is 19.2 Å². The molecule has 0 fully saturated rings. The Morgan fingerprint density at radius 1 is 1.25 bits per heavy atom. The van der Waals surface area contributed by atoms with Gasteiger partial charge in [-0.3, -0.25) is 0 Å². The standard InChI is InChI=1S/C13H10ClFN4S/c1-16-13-18-11(7-5-6-20-12(7)19-13)17-9-4-2-3-8(14)10(9)15/h2-6H,1H3,(H2,16,17,18,19). The van der Waals surface area contributed by atoms with Crippen LogP contribution in [0.2, 0.25) is 5.02 Å². The number of nitrogens with one attached hydrogen (secondary N) is 2. The van der Waals surface area contributed by atoms with E-state index in [1.807, 2.05) is 11.4 Å². The molecule has 3 aromatic rings. The Hall–Kier alpha value is -1.92. The van der Waals surface area contributed by atoms with Gasteiger partial charge in [-0.2, -0.15) is 4.98 Å². The molecule has 0 unspecified atom stereocenters. The van der Waals surface area contributed by atoms with Crippen LogP contribution in [0.1, 0.15) is 0 Å². The van der Waals surface area contributed by atoms with E-state index in [9.17, 15) is 4.39 Å². The molecule has 7 heteroatoms. The quantitative estimate of drug-likeness (QED) is 0.758. The van der Waals surface area contributed by atoms with Crippen molar-refractivity contribution in [2.45, 2.75) is 0 Å². The largest absolute Gasteiger partial charge is 0.357 e. The second-order valence-electron chi connectivity index (χ2n) is 4.01. The monoisotopic (exact) mass is 308 g/mol. The average Bonchev–Trinajstić information content (AvgIpc) is 2.92. The van der Waals surface area contributed by atoms with Gasteiger partial charge in [-0.05, 0) is 23.6 Å². The minimum Gasteiger partial charge on any atom is -0.357 e. The van der Waals surface area contributed by atoms with Crippen molar-refractivity contribution in [3.8, 4) is 0 Å². The van der Waals surface area contributed by atoms with E-state index in [4.69, 9.17) is 11.6 Å². The van der Waals surface area contributed by atoms with Crippen LogP contribution in [0.5, 0.6) is 0 Å². The van der Waals surface area contributed by atoms with Crippen molar-refractivity contribution in [1.29, 1.82) is 0 Å². The first-order valence-electron chi connectivity index (χ1n) is 5.83. The number of halogens is 2. The van der Waals surface area contributed by atoms with E-state index >= 15 is 0 Å². The molecule has 2 N–H and O–H groups in total. The lowest BCUT2D eigenvalue weighted by Gasteiger charge is -2.10. The van der Waals surface area contributed by atoms with Gasteiger partial charge in [0.25, 0.3) is 0 Å². The van der Waals surface area contributed by atoms with Crippen LogP contribution < -0.4 is 10.6 Å². The molecule has 2 aromatic heterocycles. The number of thiophene rings is 1. The predicted molar refractivity (Wildman–Crippen MR) is 81.7 cm³/mol. The lowest BCUT2D eigenvalue weighted by Crippen LogP contribution is -2.02. The summed E-state index contributed by atoms with van der Waals surface area (Å²) in [6.07, 6.45) is 0. The van der Waals surface area contributed by atoms with E-state index in [-0.39, 0.29) is 10.7 Å². The molecule has 0 bridgehead atoms. The number of aromatic nitrogens is 2. The fourth-order valence-electron chi connectivity index (χ4n) is 1.79. The Bertz CT molecular complexity index is 774. The van der Waals surface area contributed by atoms with Crippen LogP contribution in [0, 0.1) is 5.82 Å². The molecular formula is C13H10ClFN4S. The molecule has 0 aliphatic carbocycles. The van der Waals surface area contributed by atoms with Crippen molar-refractivity contribution in [3.05, 3.63) is 40.5 Å². The highest BCUT2D eigenvalue weighted by molar-refractivity contribution is 7.16. The first kappa shape index (κ1) is 13.1. The topological polar surface area (TPSA) is 49.8 Å². The number of hydrogen-bond donors (Lipinski definition) is 2. The molecule has 0 radical (unpaired) electrons. The summed E-state index contributed by atoms with van der Waals surface area (Å²) < 4.78 is 13.9. The predicted octanol–water partition coefficient (Wildman–Crippen LogP) is 4.27. The fourth-order valence-corrected chi connectivity index (χ4v) is 2.73. The summed E-state index contributed by atoms with van der Waals surface area (Å²) >= 11 is 7.28. The Morgan fingerprint density at radius 3 is 2.90 bits per heavy atom. The molecule has 2 heterocycles. The molecule has 0 spiro atoms. The third-order valence-corrected chi connectivity index (χ3v) is 3.85. The van der Waals surface area contributed by atoms with E-state index < -0.39 is 5.82 Å². The number of anilines is 3. The second-order valence-corrected chi connectivity index (χ2v) is 5.31. The SMILES string of the molecule is CNc1nc(Nc2cccc(Cl)c2F)c2ccsc2n1. The Kier molecular flexibility index (Phi) is 3.42. The number of rotatable bonds is 3. The van der Waals surface area contributed by atoms with Crippen molar-refractivity contribution >= 4 is 50.6 Å². The van der Waals surface area contributed by atoms with Gasteiger partial charge in [0.05, 0.1) is 16.1 Å². The molecule has 0 saturated carbocycles. The van der Waals surface area contributed by atoms with Crippen molar-refractivity contribution in [2.24, 2.45) is 0 Å². The molecule has 4 nitrogen and oxygen atoms in total. The third kappa shape index (κ3) is 2.28. The average molecular weight is 309 g/mol. The number of hydrogen-bond acceptors (Lipinski definition) is 5. The summed E-state index contributed by atoms with van der Waals surface area (Å²) in [5, 5.41) is 8.68. The number of nitrogens with zero attached hydrogens (tertiary/aromatic N) is 2. The normalized spacial score (nSPS) is 10.8. The van der Waals surface area contributed by atoms with E-state index in [2.05, 4.69) is 20.6 Å². The van der Waals surface area contributed by atoms with Crippen LogP contribution in [0.4, 0.5) is 21.8 Å². The number of fused-ring (bicyclic) bond motifs is 1. The first-order valence-corrected chi connectivity index (χ1v) is 7.09. The van der Waals surface area contributed by atoms with E-state index in [0.717, 1.165) is 10.2 Å². The van der Waals surface area contributed by atoms with Gasteiger partial charge in [-0.1, -0.05) is 17.7 Å². The Labute approximate surface area is 123 Å². The zero-order valence-electron chi connectivity index (χ0n) is 10.4. The van der Waals surface area contributed by atoms with Gasteiger partial charge >= 0.3 is 0 Å². The maximum atomic E-state index is 13.9. The summed E-state index contributed by atoms with van der Waals surface area (Å²) in [7, 11) is 1.73. The minimum atomic E-state index is -0.498. The van der Waals surface area contributed by atoms with Crippen LogP contribution in [0.15, 0.2) is 29.6 Å². The fraction of sp³-hybridized carbons (Fsp3) is 0.0769. The molecule has 20 heavy (non-hydrogen) atoms. The van der Waals surface area contributed by atoms with Crippen molar-refractivity contribution in [2.75, 3.05) is 17.7 Å². The van der Waals surface area contributed by atoms with Gasteiger partial charge in [-0.15, -0.1) is 11.3 Å². The maximum absolute atomic E-state index is 13.9. The highest BCUT2D eigenvalue weighted by atomic mass is 35.5. The summed E-state index contributed by atoms with van der Waals surface area (Å²) in [5.41, 5.74) is 0.283. The molecule has 0 aliphatic heterocycles. The van der Waals surface area contributed by atoms with Crippen molar-refractivity contribution in [1.82, 2.24) is 9.97 Å². The Morgan fingerprint density at radius 2 is 2.10 bits per heavy atom. The van der Waals surface area contributed by atoms with Crippen LogP contribution >= 0.6 is 22.9 Å². The van der Waals surface area contributed by atoms with Gasteiger partial charge in [0, 0.05) is 7.05 Å². The molecule has 102 valence electrons. The van der Waals surface area contributed by atoms with E-state index in [1.165, 1.54) is 17.4 Å². The van der Waals surface area contributed by atoms with Crippen molar-refractivity contribution in [3.63, 3.8) is 0 Å². The minimum absolute atomic E-state index is 0.0689. The summed E-state index contributed by atoms with van der Waals surface area (Å²) in [6.45, 7) is 0. The van der Waals surface area contributed by atoms with E-state index in [0.29, 0.717) is 11.8 Å². The molecule has 0 amide bonds. The van der Waals surface area contributed by atoms with Gasteiger partial charge in [0.2, 0.25) is 5.95 Å². The zero-order valence-corrected chi connectivity index (χ0v) is 12.0. The molecule has 1 aromatic carbocycles. The lowest BCUT2D eigenvalue weighted by atomic mass is 10.3. The van der Waals surface area contributed by atoms with Crippen LogP contribution in [-0.2, 0) is 0 Å². The van der Waals surface area contributed by atoms with Gasteiger partial charge in [-0.25, -0.2) is 9.37 Å². The van der Waals surface area contributed by atoms with Gasteiger partial charge in [0.15, 0.2) is 5.82 Å². The zero-order chi connectivity index (χ0) is 14.1. The first-order chi connectivity index (χ1) is 9.69. The summed E-state index contributed by atoms with van der Waals surface area (Å²) in [6, 6.07) is 6.69. The highest BCUT2D eigenvalue weighted by Gasteiger charge is 2.12. The van der Waals surface area contributed by atoms with Gasteiger partial charge in [0.1, 0.15) is 10.6 Å². The highest BCUT2D eigenvalue weighted by Crippen LogP contribution is 2.30. The molecule has 0 aliphatic rings. The lowest BCUT2D eigenvalue weighted by molar-refractivity contribution is 0.632. The summed E-state index contributed by atoms with van der Waals surface area (Å²) in [5.74, 6) is 0.522. The smallest absolute Gasteiger partial charge is 0.225 e. The van der Waals surface area contributed by atoms with Crippen LogP contribution in [-0.4, -0.2) is 17.0 Å². The third-order valence-electron chi connectivity index (χ3n) is 2.75. The summed E-state index contributed by atoms with van der Waals surface area (Å²) in [4.78, 5) is 9.48. The second kappa shape index (κ2) is 5.22. The molecule has 0 atom stereocenters. The Balaban J connectivity index is 2.10. The van der Waals surface area contributed by atoms with Crippen LogP contribution in [0.3, 0.4) is 0 Å². The number of benzene rings is 1. The van der Waals surface area contributed by atoms with Gasteiger partial charge < -0.3 is 10.6 Å². The molecular weight excluding hydrogens is 299 g/mol. The van der Waals surface area contributed by atoms with Crippen molar-refractivity contribution < 1.29 is 4.39 Å². The van der Waals surface area contributed by atoms with Crippen LogP contribution in [0.25, 0.3) is 10.2 Å².